The van der Waals surface area contributed by atoms with Crippen molar-refractivity contribution in [3.8, 4) is 17.2 Å². The van der Waals surface area contributed by atoms with Crippen molar-refractivity contribution in [2.75, 3.05) is 19.7 Å². The summed E-state index contributed by atoms with van der Waals surface area (Å²) in [6.45, 7) is 11.0. The summed E-state index contributed by atoms with van der Waals surface area (Å²) < 4.78 is 21.5. The van der Waals surface area contributed by atoms with Crippen LogP contribution in [0.1, 0.15) is 62.3 Å². The van der Waals surface area contributed by atoms with Crippen LogP contribution in [0.25, 0.3) is 0 Å². The van der Waals surface area contributed by atoms with E-state index in [1.807, 2.05) is 42.5 Å². The molecule has 0 saturated carbocycles. The highest BCUT2D eigenvalue weighted by Gasteiger charge is 2.21. The number of rotatable bonds is 16. The van der Waals surface area contributed by atoms with Gasteiger partial charge in [-0.3, -0.25) is 4.90 Å². The first-order chi connectivity index (χ1) is 21.2. The molecule has 0 aliphatic heterocycles. The van der Waals surface area contributed by atoms with Gasteiger partial charge in [-0.15, -0.1) is 0 Å². The van der Waals surface area contributed by atoms with Gasteiger partial charge in [0.05, 0.1) is 11.5 Å². The first-order valence-electron chi connectivity index (χ1n) is 15.5. The number of ether oxygens (including phenoxy) is 1. The lowest BCUT2D eigenvalue weighted by atomic mass is 9.86. The molecular weight excluding hydrogens is 568 g/mol. The second kappa shape index (κ2) is 16.4. The molecular formula is C37H46N2O4S. The molecule has 0 aliphatic carbocycles. The molecule has 0 fully saturated rings. The summed E-state index contributed by atoms with van der Waals surface area (Å²) in [5.74, 6) is 1.39. The summed E-state index contributed by atoms with van der Waals surface area (Å²) in [6, 6.07) is 31.7. The van der Waals surface area contributed by atoms with E-state index < -0.39 is 11.0 Å². The maximum atomic E-state index is 12.4. The summed E-state index contributed by atoms with van der Waals surface area (Å²) in [7, 11) is -1.32. The molecule has 0 amide bonds. The van der Waals surface area contributed by atoms with Crippen LogP contribution in [-0.2, 0) is 23.8 Å². The Morgan fingerprint density at radius 3 is 2.11 bits per heavy atom. The van der Waals surface area contributed by atoms with Gasteiger partial charge < -0.3 is 14.9 Å². The number of nitrogens with zero attached hydrogens (tertiary/aromatic N) is 1. The minimum absolute atomic E-state index is 0.0950. The molecule has 0 heterocycles. The summed E-state index contributed by atoms with van der Waals surface area (Å²) in [5, 5.41) is 20.4. The minimum atomic E-state index is -1.32. The number of phenols is 2. The van der Waals surface area contributed by atoms with E-state index in [0.717, 1.165) is 48.2 Å². The normalized spacial score (nSPS) is 13.0. The van der Waals surface area contributed by atoms with Crippen LogP contribution in [0.5, 0.6) is 17.2 Å². The predicted octanol–water partition coefficient (Wildman–Crippen LogP) is 7.22. The number of phenolic OH excluding ortho intramolecular Hbond substituents is 2. The van der Waals surface area contributed by atoms with Crippen LogP contribution in [-0.4, -0.2) is 51.1 Å². The quantitative estimate of drug-likeness (QED) is 0.124. The van der Waals surface area contributed by atoms with Gasteiger partial charge in [0.25, 0.3) is 0 Å². The van der Waals surface area contributed by atoms with E-state index in [4.69, 9.17) is 4.74 Å². The van der Waals surface area contributed by atoms with Crippen LogP contribution in [0, 0.1) is 0 Å². The Hall–Kier alpha value is -3.65. The van der Waals surface area contributed by atoms with Gasteiger partial charge >= 0.3 is 0 Å². The highest BCUT2D eigenvalue weighted by Crippen LogP contribution is 2.35. The average Bonchev–Trinajstić information content (AvgIpc) is 3.01. The molecule has 234 valence electrons. The highest BCUT2D eigenvalue weighted by molar-refractivity contribution is 7.83. The van der Waals surface area contributed by atoms with E-state index in [0.29, 0.717) is 35.9 Å². The van der Waals surface area contributed by atoms with E-state index >= 15 is 0 Å². The molecule has 7 heteroatoms. The Morgan fingerprint density at radius 1 is 0.795 bits per heavy atom. The molecule has 6 nitrogen and oxygen atoms in total. The minimum Gasteiger partial charge on any atom is -0.508 e. The molecule has 4 rings (SSSR count). The zero-order valence-electron chi connectivity index (χ0n) is 26.3. The predicted molar refractivity (Wildman–Crippen MR) is 180 cm³/mol. The fourth-order valence-electron chi connectivity index (χ4n) is 5.60. The Labute approximate surface area is 265 Å². The number of aromatic hydroxyl groups is 2. The summed E-state index contributed by atoms with van der Waals surface area (Å²) in [6.07, 6.45) is 2.38. The van der Waals surface area contributed by atoms with Crippen molar-refractivity contribution in [1.82, 2.24) is 9.62 Å². The fraction of sp³-hybridized carbons (Fsp3) is 0.351. The lowest BCUT2D eigenvalue weighted by molar-refractivity contribution is 0.170. The van der Waals surface area contributed by atoms with Gasteiger partial charge in [0.1, 0.15) is 28.2 Å². The molecule has 4 aromatic rings. The zero-order valence-corrected chi connectivity index (χ0v) is 27.1. The van der Waals surface area contributed by atoms with Crippen molar-refractivity contribution >= 4 is 11.0 Å². The second-order valence-electron chi connectivity index (χ2n) is 11.7. The fourth-order valence-corrected chi connectivity index (χ4v) is 6.43. The third kappa shape index (κ3) is 9.68. The molecule has 4 aromatic carbocycles. The maximum Gasteiger partial charge on any atom is 0.124 e. The summed E-state index contributed by atoms with van der Waals surface area (Å²) >= 11 is 0. The van der Waals surface area contributed by atoms with Crippen LogP contribution in [0.4, 0.5) is 0 Å². The first-order valence-corrected chi connectivity index (χ1v) is 16.6. The van der Waals surface area contributed by atoms with Gasteiger partial charge in [0.15, 0.2) is 0 Å². The molecule has 0 aromatic heterocycles. The Bertz CT molecular complexity index is 1450. The van der Waals surface area contributed by atoms with Crippen molar-refractivity contribution < 1.29 is 19.2 Å². The van der Waals surface area contributed by atoms with Crippen molar-refractivity contribution in [2.24, 2.45) is 0 Å². The number of benzene rings is 4. The topological polar surface area (TPSA) is 82.0 Å². The van der Waals surface area contributed by atoms with Gasteiger partial charge in [-0.05, 0) is 106 Å². The first kappa shape index (κ1) is 33.2. The van der Waals surface area contributed by atoms with Crippen molar-refractivity contribution in [3.63, 3.8) is 0 Å². The molecule has 0 bridgehead atoms. The summed E-state index contributed by atoms with van der Waals surface area (Å²) in [5.41, 5.74) is 4.43. The van der Waals surface area contributed by atoms with Crippen molar-refractivity contribution in [2.45, 2.75) is 69.9 Å². The van der Waals surface area contributed by atoms with E-state index in [2.05, 4.69) is 67.6 Å². The Balaban J connectivity index is 1.32. The van der Waals surface area contributed by atoms with Gasteiger partial charge in [0.2, 0.25) is 0 Å². The van der Waals surface area contributed by atoms with Crippen LogP contribution in [0.3, 0.4) is 0 Å². The smallest absolute Gasteiger partial charge is 0.124 e. The Morgan fingerprint density at radius 2 is 1.45 bits per heavy atom. The third-order valence-electron chi connectivity index (χ3n) is 7.95. The molecule has 44 heavy (non-hydrogen) atoms. The largest absolute Gasteiger partial charge is 0.508 e. The van der Waals surface area contributed by atoms with Crippen molar-refractivity contribution in [1.29, 1.82) is 0 Å². The van der Waals surface area contributed by atoms with Gasteiger partial charge in [0, 0.05) is 36.5 Å². The molecule has 0 aliphatic rings. The van der Waals surface area contributed by atoms with Crippen LogP contribution in [0.2, 0.25) is 0 Å². The highest BCUT2D eigenvalue weighted by atomic mass is 32.2. The molecule has 3 N–H and O–H groups in total. The molecule has 0 saturated heterocycles. The zero-order chi connectivity index (χ0) is 31.5. The third-order valence-corrected chi connectivity index (χ3v) is 9.12. The van der Waals surface area contributed by atoms with E-state index in [1.165, 1.54) is 17.7 Å². The van der Waals surface area contributed by atoms with E-state index in [1.54, 1.807) is 12.1 Å². The number of nitrogens with one attached hydrogen (secondary N) is 1. The number of hydrogen-bond donors (Lipinski definition) is 3. The SMILES string of the molecule is CC(C)N(CC[C@H](c1ccccc1)c1cc(CCOc2ccc(CCNS(=O)c3ccc(O)cc3)cc2)ccc1O)C(C)C. The van der Waals surface area contributed by atoms with Gasteiger partial charge in [-0.1, -0.05) is 54.6 Å². The maximum absolute atomic E-state index is 12.4. The van der Waals surface area contributed by atoms with Crippen LogP contribution < -0.4 is 9.46 Å². The average molecular weight is 615 g/mol. The second-order valence-corrected chi connectivity index (χ2v) is 13.0. The van der Waals surface area contributed by atoms with Crippen LogP contribution in [0.15, 0.2) is 102 Å². The number of hydrogen-bond acceptors (Lipinski definition) is 5. The molecule has 0 radical (unpaired) electrons. The van der Waals surface area contributed by atoms with Gasteiger partial charge in [-0.25, -0.2) is 8.93 Å². The lowest BCUT2D eigenvalue weighted by Gasteiger charge is -2.32. The molecule has 1 unspecified atom stereocenters. The Kier molecular flexibility index (Phi) is 12.4. The van der Waals surface area contributed by atoms with E-state index in [9.17, 15) is 14.4 Å². The van der Waals surface area contributed by atoms with Gasteiger partial charge in [-0.2, -0.15) is 0 Å². The molecule has 2 atom stereocenters. The monoisotopic (exact) mass is 614 g/mol. The van der Waals surface area contributed by atoms with Crippen molar-refractivity contribution in [3.05, 3.63) is 119 Å². The van der Waals surface area contributed by atoms with Crippen LogP contribution >= 0.6 is 0 Å². The lowest BCUT2D eigenvalue weighted by Crippen LogP contribution is -2.38. The standard InChI is InChI=1S/C37H46N2O4S/c1-27(2)39(28(3)4)24-21-35(31-8-6-5-7-9-31)36-26-30(12-19-37(36)41)22-25-43-33-15-10-29(11-16-33)20-23-38-44(42)34-17-13-32(40)14-18-34/h5-19,26-28,35,38,40-41H,20-25H2,1-4H3/t35-,44?/m1/s1. The molecule has 0 spiro atoms. The van der Waals surface area contributed by atoms with E-state index in [-0.39, 0.29) is 11.7 Å². The summed E-state index contributed by atoms with van der Waals surface area (Å²) in [4.78, 5) is 3.14.